The molecular formula is C34H31MgN4Na3O6. The minimum Gasteiger partial charge on any atom is -0.657 e. The predicted octanol–water partition coefficient (Wildman–Crippen LogP) is -7.43. The van der Waals surface area contributed by atoms with E-state index in [9.17, 15) is 29.7 Å². The number of aliphatic carboxylic acids is 2. The molecule has 0 aliphatic carbocycles. The molecule has 0 aromatic carbocycles. The van der Waals surface area contributed by atoms with Gasteiger partial charge in [0.05, 0.1) is 17.4 Å². The first-order valence-corrected chi connectivity index (χ1v) is 14.5. The van der Waals surface area contributed by atoms with Crippen molar-refractivity contribution < 1.29 is 118 Å². The third-order valence-corrected chi connectivity index (χ3v) is 8.76. The topological polar surface area (TPSA) is 174 Å². The molecule has 8 bridgehead atoms. The summed E-state index contributed by atoms with van der Waals surface area (Å²) >= 11 is 0. The first-order valence-electron chi connectivity index (χ1n) is 14.5. The van der Waals surface area contributed by atoms with Gasteiger partial charge in [0.25, 0.3) is 0 Å². The van der Waals surface area contributed by atoms with E-state index in [-0.39, 0.29) is 158 Å². The van der Waals surface area contributed by atoms with Gasteiger partial charge in [-0.05, 0) is 62.8 Å². The molecule has 0 unspecified atom stereocenters. The van der Waals surface area contributed by atoms with Gasteiger partial charge >= 0.3 is 112 Å². The number of nitrogens with zero attached hydrogens (tertiary/aromatic N) is 4. The molecule has 0 radical (unpaired) electrons. The molecule has 0 spiro atoms. The van der Waals surface area contributed by atoms with Crippen LogP contribution in [0, 0.1) is 13.8 Å². The Bertz CT molecular complexity index is 1970. The van der Waals surface area contributed by atoms with Crippen molar-refractivity contribution in [3.63, 3.8) is 0 Å². The average molecular weight is 685 g/mol. The summed E-state index contributed by atoms with van der Waals surface area (Å²) in [5.74, 6) is -5.20. The molecule has 0 saturated carbocycles. The zero-order chi connectivity index (χ0) is 32.0. The number of carbonyl (C=O) groups excluding carboxylic acids is 3. The average Bonchev–Trinajstić information content (AvgIpc) is 3.63. The number of aromatic carboxylic acids is 1. The van der Waals surface area contributed by atoms with Crippen molar-refractivity contribution in [2.45, 2.75) is 72.1 Å². The second kappa shape index (κ2) is 18.3. The molecule has 5 rings (SSSR count). The van der Waals surface area contributed by atoms with Gasteiger partial charge in [0.15, 0.2) is 0 Å². The van der Waals surface area contributed by atoms with Gasteiger partial charge in [-0.3, -0.25) is 4.98 Å². The molecule has 0 saturated heterocycles. The Morgan fingerprint density at radius 3 is 2.08 bits per heavy atom. The Morgan fingerprint density at radius 2 is 1.52 bits per heavy atom. The molecule has 2 aliphatic heterocycles. The number of carboxylic acids is 3. The smallest absolute Gasteiger partial charge is 0.657 e. The number of rotatable bonds is 8. The second-order valence-electron chi connectivity index (χ2n) is 11.3. The molecule has 3 aromatic rings. The Labute approximate surface area is 361 Å². The molecule has 0 N–H and O–H groups in total. The fourth-order valence-corrected chi connectivity index (χ4v) is 6.34. The van der Waals surface area contributed by atoms with Gasteiger partial charge in [-0.2, -0.15) is 0 Å². The van der Waals surface area contributed by atoms with E-state index in [2.05, 4.69) is 11.6 Å². The van der Waals surface area contributed by atoms with Crippen LogP contribution in [0.1, 0.15) is 101 Å². The quantitative estimate of drug-likeness (QED) is 0.208. The van der Waals surface area contributed by atoms with Crippen molar-refractivity contribution in [1.29, 1.82) is 0 Å². The Hall–Kier alpha value is -1.22. The van der Waals surface area contributed by atoms with Gasteiger partial charge in [0.2, 0.25) is 0 Å². The van der Waals surface area contributed by atoms with Crippen molar-refractivity contribution >= 4 is 74.2 Å². The van der Waals surface area contributed by atoms with Crippen LogP contribution in [0.25, 0.3) is 33.2 Å². The van der Waals surface area contributed by atoms with Gasteiger partial charge in [-0.1, -0.05) is 55.3 Å². The summed E-state index contributed by atoms with van der Waals surface area (Å²) in [7, 11) is 0. The molecule has 5 heterocycles. The van der Waals surface area contributed by atoms with E-state index >= 15 is 0 Å². The van der Waals surface area contributed by atoms with Crippen LogP contribution in [0.15, 0.2) is 30.9 Å². The number of fused-ring (bicyclic) bond motifs is 8. The normalized spacial score (nSPS) is 14.9. The molecule has 228 valence electrons. The van der Waals surface area contributed by atoms with E-state index in [0.29, 0.717) is 40.1 Å². The van der Waals surface area contributed by atoms with Crippen LogP contribution in [0.4, 0.5) is 0 Å². The number of allylic oxidation sites excluding steroid dienone is 3. The van der Waals surface area contributed by atoms with E-state index in [1.54, 1.807) is 25.1 Å². The van der Waals surface area contributed by atoms with Gasteiger partial charge in [0, 0.05) is 47.2 Å². The molecule has 2 aliphatic rings. The maximum Gasteiger partial charge on any atom is 2.00 e. The van der Waals surface area contributed by atoms with Crippen LogP contribution in [0.2, 0.25) is 0 Å². The number of hydrogen-bond donors (Lipinski definition) is 0. The van der Waals surface area contributed by atoms with Crippen molar-refractivity contribution in [1.82, 2.24) is 19.9 Å². The monoisotopic (exact) mass is 684 g/mol. The van der Waals surface area contributed by atoms with Crippen LogP contribution < -0.4 is 114 Å². The number of carboxylic acid groups (broad SMARTS) is 3. The maximum absolute atomic E-state index is 12.5. The first-order chi connectivity index (χ1) is 20.9. The van der Waals surface area contributed by atoms with Crippen LogP contribution in [0.3, 0.4) is 0 Å². The Morgan fingerprint density at radius 1 is 0.875 bits per heavy atom. The standard InChI is InChI=1S/C34H36N4O6.Mg.3Na/c1-7-19-15(3)23-12-25-17(5)21(9-10-29(39)40)32(37-25)22(11-30(41)42)33-31(34(43)44)18(6)26(38-33)14-28-20(8-2)16(4)24(36-28)13-27(19)35-23;;;;/h7,12-14,17,21H,1,8-11H2,2-6H3,(H5,35,36,37,38,39,40,41,42,43,44);;;;/q;+2;3*+1/p-5/t17-,21-;;;;/m0..../s1. The van der Waals surface area contributed by atoms with Gasteiger partial charge in [-0.15, -0.1) is 22.1 Å². The van der Waals surface area contributed by atoms with Crippen molar-refractivity contribution in [3.05, 3.63) is 81.4 Å². The fraction of sp³-hybridized carbons (Fsp3) is 0.324. The number of hydrogen-bond acceptors (Lipinski definition) is 8. The van der Waals surface area contributed by atoms with Crippen molar-refractivity contribution in [2.24, 2.45) is 0 Å². The molecular weight excluding hydrogens is 654 g/mol. The van der Waals surface area contributed by atoms with Crippen LogP contribution >= 0.6 is 0 Å². The van der Waals surface area contributed by atoms with E-state index in [1.807, 2.05) is 33.8 Å². The Kier molecular flexibility index (Phi) is 17.1. The molecule has 3 aromatic heterocycles. The SMILES string of the molecule is C=CC1=C(C)c2cc3nc(c(CC(=O)[O-])c4[n-]c(cc5[n-]c(cc1n2)c(C)c5CC)c(C)c4C(=O)[O-])[C@@H](CCC(=O)[O-])[C@@H]3C.[Mg+2].[Na+].[Na+].[Na+]. The third kappa shape index (κ3) is 8.62. The summed E-state index contributed by atoms with van der Waals surface area (Å²) in [6, 6.07) is 5.38. The maximum atomic E-state index is 12.5. The van der Waals surface area contributed by atoms with E-state index in [4.69, 9.17) is 15.0 Å². The fourth-order valence-electron chi connectivity index (χ4n) is 6.34. The largest absolute Gasteiger partial charge is 2.00 e. The predicted molar refractivity (Wildman–Crippen MR) is 165 cm³/mol. The summed E-state index contributed by atoms with van der Waals surface area (Å²) < 4.78 is 0. The first kappa shape index (κ1) is 44.8. The summed E-state index contributed by atoms with van der Waals surface area (Å²) in [5.41, 5.74) is 7.22. The number of carbonyl (C=O) groups is 3. The zero-order valence-corrected chi connectivity index (χ0v) is 36.4. The molecule has 0 amide bonds. The zero-order valence-electron chi connectivity index (χ0n) is 28.9. The van der Waals surface area contributed by atoms with E-state index in [0.717, 1.165) is 22.3 Å². The summed E-state index contributed by atoms with van der Waals surface area (Å²) in [4.78, 5) is 55.4. The second-order valence-corrected chi connectivity index (χ2v) is 11.3. The number of aryl methyl sites for hydroxylation is 3. The molecule has 10 nitrogen and oxygen atoms in total. The molecule has 2 atom stereocenters. The summed E-state index contributed by atoms with van der Waals surface area (Å²) in [5, 5.41) is 36.1. The summed E-state index contributed by atoms with van der Waals surface area (Å²) in [6.45, 7) is 13.3. The van der Waals surface area contributed by atoms with Gasteiger partial charge < -0.3 is 39.7 Å². The van der Waals surface area contributed by atoms with Crippen LogP contribution in [-0.4, -0.2) is 50.9 Å². The van der Waals surface area contributed by atoms with E-state index in [1.165, 1.54) is 0 Å². The van der Waals surface area contributed by atoms with E-state index < -0.39 is 30.2 Å². The minimum atomic E-state index is -1.52. The van der Waals surface area contributed by atoms with Crippen molar-refractivity contribution in [2.75, 3.05) is 0 Å². The third-order valence-electron chi connectivity index (χ3n) is 8.76. The molecule has 14 heteroatoms. The van der Waals surface area contributed by atoms with Crippen LogP contribution in [-0.2, 0) is 22.4 Å². The minimum absolute atomic E-state index is 0. The van der Waals surface area contributed by atoms with Gasteiger partial charge in [0.1, 0.15) is 0 Å². The van der Waals surface area contributed by atoms with Gasteiger partial charge in [-0.25, -0.2) is 4.98 Å². The Balaban J connectivity index is 0.00000288. The van der Waals surface area contributed by atoms with Crippen molar-refractivity contribution in [3.8, 4) is 0 Å². The summed E-state index contributed by atoms with van der Waals surface area (Å²) in [6.07, 6.45) is 1.46. The number of aromatic nitrogens is 4. The molecule has 48 heavy (non-hydrogen) atoms. The molecule has 0 fully saturated rings. The van der Waals surface area contributed by atoms with Crippen LogP contribution in [0.5, 0.6) is 0 Å².